The van der Waals surface area contributed by atoms with Gasteiger partial charge in [0.2, 0.25) is 10.0 Å². The van der Waals surface area contributed by atoms with Gasteiger partial charge in [-0.25, -0.2) is 13.1 Å². The Morgan fingerprint density at radius 1 is 1.28 bits per heavy atom. The van der Waals surface area contributed by atoms with Crippen molar-refractivity contribution < 1.29 is 13.2 Å². The number of nitrogens with one attached hydrogen (secondary N) is 1. The second-order valence-electron chi connectivity index (χ2n) is 4.93. The summed E-state index contributed by atoms with van der Waals surface area (Å²) in [4.78, 5) is 11.8. The highest BCUT2D eigenvalue weighted by molar-refractivity contribution is 9.10. The summed E-state index contributed by atoms with van der Waals surface area (Å²) in [5.41, 5.74) is -0.559. The first-order valence-corrected chi connectivity index (χ1v) is 7.70. The van der Waals surface area contributed by atoms with Crippen molar-refractivity contribution in [3.63, 3.8) is 0 Å². The molecule has 4 nitrogen and oxygen atoms in total. The smallest absolute Gasteiger partial charge is 0.242 e. The van der Waals surface area contributed by atoms with Crippen LogP contribution in [0.4, 0.5) is 0 Å². The maximum Gasteiger partial charge on any atom is 0.242 e. The molecule has 0 amide bonds. The van der Waals surface area contributed by atoms with Gasteiger partial charge in [0.1, 0.15) is 0 Å². The normalized spacial score (nSPS) is 12.4. The number of ketones is 1. The number of sulfonamides is 1. The Morgan fingerprint density at radius 3 is 2.33 bits per heavy atom. The monoisotopic (exact) mass is 333 g/mol. The molecular formula is C12H16BrNO3S. The number of carbonyl (C=O) groups excluding carboxylic acids is 1. The lowest BCUT2D eigenvalue weighted by atomic mass is 9.91. The Bertz CT molecular complexity index is 547. The number of carbonyl (C=O) groups is 1. The molecule has 1 rings (SSSR count). The van der Waals surface area contributed by atoms with Gasteiger partial charge in [-0.2, -0.15) is 0 Å². The highest BCUT2D eigenvalue weighted by atomic mass is 79.9. The summed E-state index contributed by atoms with van der Waals surface area (Å²) >= 11 is 3.17. The maximum absolute atomic E-state index is 12.0. The highest BCUT2D eigenvalue weighted by Crippen LogP contribution is 2.21. The van der Waals surface area contributed by atoms with E-state index in [2.05, 4.69) is 20.7 Å². The minimum atomic E-state index is -3.66. The lowest BCUT2D eigenvalue weighted by Crippen LogP contribution is -2.35. The average Bonchev–Trinajstić information content (AvgIpc) is 2.25. The zero-order valence-electron chi connectivity index (χ0n) is 10.5. The molecule has 0 bridgehead atoms. The lowest BCUT2D eigenvalue weighted by molar-refractivity contribution is -0.125. The van der Waals surface area contributed by atoms with E-state index in [0.717, 1.165) is 0 Å². The zero-order valence-corrected chi connectivity index (χ0v) is 12.9. The fourth-order valence-electron chi connectivity index (χ4n) is 1.17. The number of halogens is 1. The van der Waals surface area contributed by atoms with Gasteiger partial charge in [0.05, 0.1) is 11.4 Å². The summed E-state index contributed by atoms with van der Waals surface area (Å²) in [7, 11) is -3.66. The van der Waals surface area contributed by atoms with E-state index < -0.39 is 15.4 Å². The van der Waals surface area contributed by atoms with E-state index in [0.29, 0.717) is 4.47 Å². The number of benzene rings is 1. The van der Waals surface area contributed by atoms with Crippen molar-refractivity contribution >= 4 is 31.7 Å². The third-order valence-corrected chi connectivity index (χ3v) is 4.80. The van der Waals surface area contributed by atoms with E-state index >= 15 is 0 Å². The van der Waals surface area contributed by atoms with E-state index in [9.17, 15) is 13.2 Å². The van der Waals surface area contributed by atoms with Gasteiger partial charge in [-0.1, -0.05) is 32.9 Å². The molecule has 1 aromatic carbocycles. The first-order valence-electron chi connectivity index (χ1n) is 5.42. The number of rotatable bonds is 4. The third-order valence-electron chi connectivity index (χ3n) is 2.39. The molecule has 0 heterocycles. The minimum Gasteiger partial charge on any atom is -0.298 e. The summed E-state index contributed by atoms with van der Waals surface area (Å²) in [6, 6.07) is 6.47. The van der Waals surface area contributed by atoms with Gasteiger partial charge in [-0.3, -0.25) is 4.79 Å². The van der Waals surface area contributed by atoms with E-state index in [1.165, 1.54) is 6.07 Å². The van der Waals surface area contributed by atoms with Crippen LogP contribution in [0.5, 0.6) is 0 Å². The van der Waals surface area contributed by atoms with E-state index in [1.54, 1.807) is 39.0 Å². The van der Waals surface area contributed by atoms with E-state index in [4.69, 9.17) is 0 Å². The number of hydrogen-bond acceptors (Lipinski definition) is 3. The molecule has 0 saturated carbocycles. The van der Waals surface area contributed by atoms with E-state index in [1.807, 2.05) is 0 Å². The Kier molecular flexibility index (Phi) is 4.69. The van der Waals surface area contributed by atoms with Gasteiger partial charge in [-0.05, 0) is 28.1 Å². The third kappa shape index (κ3) is 3.90. The van der Waals surface area contributed by atoms with Crippen LogP contribution in [0, 0.1) is 5.41 Å². The Hall–Kier alpha value is -0.720. The molecule has 0 aliphatic rings. The molecule has 18 heavy (non-hydrogen) atoms. The molecule has 0 fully saturated rings. The molecule has 100 valence electrons. The molecule has 0 spiro atoms. The number of Topliss-reactive ketones (excluding diaryl/α,β-unsaturated/α-hetero) is 1. The fourth-order valence-corrected chi connectivity index (χ4v) is 3.15. The lowest BCUT2D eigenvalue weighted by Gasteiger charge is -2.17. The van der Waals surface area contributed by atoms with Crippen molar-refractivity contribution in [3.05, 3.63) is 28.7 Å². The summed E-state index contributed by atoms with van der Waals surface area (Å²) in [6.45, 7) is 5.05. The van der Waals surface area contributed by atoms with Gasteiger partial charge in [-0.15, -0.1) is 0 Å². The second-order valence-corrected chi connectivity index (χ2v) is 7.52. The van der Waals surface area contributed by atoms with Crippen molar-refractivity contribution in [1.29, 1.82) is 0 Å². The molecular weight excluding hydrogens is 318 g/mol. The predicted molar refractivity (Wildman–Crippen MR) is 73.8 cm³/mol. The van der Waals surface area contributed by atoms with Crippen molar-refractivity contribution in [2.75, 3.05) is 6.54 Å². The highest BCUT2D eigenvalue weighted by Gasteiger charge is 2.24. The van der Waals surface area contributed by atoms with Crippen LogP contribution in [0.25, 0.3) is 0 Å². The first-order chi connectivity index (χ1) is 8.14. The van der Waals surface area contributed by atoms with Crippen molar-refractivity contribution in [1.82, 2.24) is 4.72 Å². The standard InChI is InChI=1S/C12H16BrNO3S/c1-12(2,3)11(15)8-14-18(16,17)10-7-5-4-6-9(10)13/h4-7,14H,8H2,1-3H3. The average molecular weight is 334 g/mol. The van der Waals surface area contributed by atoms with Gasteiger partial charge >= 0.3 is 0 Å². The SMILES string of the molecule is CC(C)(C)C(=O)CNS(=O)(=O)c1ccccc1Br. The van der Waals surface area contributed by atoms with Gasteiger partial charge < -0.3 is 0 Å². The van der Waals surface area contributed by atoms with Gasteiger partial charge in [0, 0.05) is 9.89 Å². The molecule has 0 aliphatic carbocycles. The van der Waals surface area contributed by atoms with Crippen LogP contribution in [0.2, 0.25) is 0 Å². The summed E-state index contributed by atoms with van der Waals surface area (Å²) < 4.78 is 26.8. The van der Waals surface area contributed by atoms with Gasteiger partial charge in [0.15, 0.2) is 5.78 Å². The van der Waals surface area contributed by atoms with Crippen molar-refractivity contribution in [2.45, 2.75) is 25.7 Å². The van der Waals surface area contributed by atoms with Crippen LogP contribution in [0.3, 0.4) is 0 Å². The zero-order chi connectivity index (χ0) is 14.0. The second kappa shape index (κ2) is 5.50. The van der Waals surface area contributed by atoms with Crippen LogP contribution >= 0.6 is 15.9 Å². The van der Waals surface area contributed by atoms with Crippen molar-refractivity contribution in [2.24, 2.45) is 5.41 Å². The molecule has 0 saturated heterocycles. The van der Waals surface area contributed by atoms with Gasteiger partial charge in [0.25, 0.3) is 0 Å². The molecule has 0 aromatic heterocycles. The molecule has 0 unspecified atom stereocenters. The summed E-state index contributed by atoms with van der Waals surface area (Å²) in [5.74, 6) is -0.155. The summed E-state index contributed by atoms with van der Waals surface area (Å²) in [6.07, 6.45) is 0. The Morgan fingerprint density at radius 2 is 1.83 bits per heavy atom. The Balaban J connectivity index is 2.85. The molecule has 1 aromatic rings. The fraction of sp³-hybridized carbons (Fsp3) is 0.417. The largest absolute Gasteiger partial charge is 0.298 e. The van der Waals surface area contributed by atoms with Crippen LogP contribution in [-0.2, 0) is 14.8 Å². The van der Waals surface area contributed by atoms with Crippen LogP contribution < -0.4 is 4.72 Å². The van der Waals surface area contributed by atoms with Crippen LogP contribution in [-0.4, -0.2) is 20.7 Å². The Labute approximate surface area is 116 Å². The quantitative estimate of drug-likeness (QED) is 0.919. The molecule has 6 heteroatoms. The summed E-state index contributed by atoms with van der Waals surface area (Å²) in [5, 5.41) is 0. The van der Waals surface area contributed by atoms with Crippen LogP contribution in [0.1, 0.15) is 20.8 Å². The van der Waals surface area contributed by atoms with E-state index in [-0.39, 0.29) is 17.2 Å². The number of hydrogen-bond donors (Lipinski definition) is 1. The molecule has 0 atom stereocenters. The maximum atomic E-state index is 12.0. The van der Waals surface area contributed by atoms with Crippen LogP contribution in [0.15, 0.2) is 33.6 Å². The predicted octanol–water partition coefficient (Wildman–Crippen LogP) is 2.34. The van der Waals surface area contributed by atoms with Crippen molar-refractivity contribution in [3.8, 4) is 0 Å². The molecule has 1 N–H and O–H groups in total. The molecule has 0 radical (unpaired) electrons. The topological polar surface area (TPSA) is 63.2 Å². The first kappa shape index (κ1) is 15.3. The molecule has 0 aliphatic heterocycles. The minimum absolute atomic E-state index is 0.131.